The van der Waals surface area contributed by atoms with E-state index in [4.69, 9.17) is 4.74 Å². The van der Waals surface area contributed by atoms with E-state index in [2.05, 4.69) is 4.98 Å². The number of ether oxygens (including phenoxy) is 1. The molecule has 124 valence electrons. The van der Waals surface area contributed by atoms with Gasteiger partial charge in [0.25, 0.3) is 5.91 Å². The number of aromatic nitrogens is 1. The Kier molecular flexibility index (Phi) is 3.92. The highest BCUT2D eigenvalue weighted by atomic mass is 19.1. The summed E-state index contributed by atoms with van der Waals surface area (Å²) in [5.74, 6) is 0.382. The third kappa shape index (κ3) is 2.86. The van der Waals surface area contributed by atoms with Crippen molar-refractivity contribution >= 4 is 5.91 Å². The molecule has 2 atom stereocenters. The molecule has 2 aromatic rings. The molecule has 0 N–H and O–H groups in total. The van der Waals surface area contributed by atoms with Crippen molar-refractivity contribution in [3.63, 3.8) is 0 Å². The molecule has 2 unspecified atom stereocenters. The Labute approximate surface area is 140 Å². The predicted octanol–water partition coefficient (Wildman–Crippen LogP) is 3.44. The maximum Gasteiger partial charge on any atom is 0.254 e. The average Bonchev–Trinajstić information content (AvgIpc) is 2.86. The number of halogens is 1. The smallest absolute Gasteiger partial charge is 0.254 e. The maximum atomic E-state index is 13.4. The summed E-state index contributed by atoms with van der Waals surface area (Å²) >= 11 is 0. The van der Waals surface area contributed by atoms with Crippen LogP contribution in [0, 0.1) is 5.82 Å². The highest BCUT2D eigenvalue weighted by Gasteiger charge is 2.44. The van der Waals surface area contributed by atoms with Gasteiger partial charge in [0, 0.05) is 42.9 Å². The number of benzene rings is 1. The van der Waals surface area contributed by atoms with Gasteiger partial charge in [0.1, 0.15) is 17.7 Å². The quantitative estimate of drug-likeness (QED) is 0.868. The fourth-order valence-corrected chi connectivity index (χ4v) is 3.93. The van der Waals surface area contributed by atoms with E-state index in [1.54, 1.807) is 24.5 Å². The summed E-state index contributed by atoms with van der Waals surface area (Å²) in [4.78, 5) is 18.7. The van der Waals surface area contributed by atoms with Crippen LogP contribution in [0.1, 0.15) is 36.0 Å². The van der Waals surface area contributed by atoms with Crippen molar-refractivity contribution in [2.45, 2.75) is 43.9 Å². The van der Waals surface area contributed by atoms with Crippen LogP contribution in [0.25, 0.3) is 0 Å². The normalized spacial score (nSPS) is 25.5. The molecule has 0 aliphatic carbocycles. The number of fused-ring (bicyclic) bond motifs is 2. The van der Waals surface area contributed by atoms with E-state index in [1.807, 2.05) is 17.0 Å². The molecule has 0 radical (unpaired) electrons. The van der Waals surface area contributed by atoms with Crippen LogP contribution in [0.2, 0.25) is 0 Å². The fourth-order valence-electron chi connectivity index (χ4n) is 3.93. The van der Waals surface area contributed by atoms with E-state index >= 15 is 0 Å². The lowest BCUT2D eigenvalue weighted by molar-refractivity contribution is 0.0358. The average molecular weight is 326 g/mol. The molecule has 2 aliphatic rings. The van der Waals surface area contributed by atoms with Gasteiger partial charge in [-0.15, -0.1) is 0 Å². The van der Waals surface area contributed by atoms with Crippen molar-refractivity contribution in [2.75, 3.05) is 0 Å². The Morgan fingerprint density at radius 2 is 1.83 bits per heavy atom. The number of carbonyl (C=O) groups excluding carboxylic acids is 1. The van der Waals surface area contributed by atoms with E-state index in [0.29, 0.717) is 5.56 Å². The Balaban J connectivity index is 1.48. The Morgan fingerprint density at radius 1 is 1.12 bits per heavy atom. The highest BCUT2D eigenvalue weighted by molar-refractivity contribution is 5.95. The van der Waals surface area contributed by atoms with Crippen molar-refractivity contribution in [1.82, 2.24) is 9.88 Å². The molecule has 4 rings (SSSR count). The molecule has 4 nitrogen and oxygen atoms in total. The minimum atomic E-state index is -0.371. The van der Waals surface area contributed by atoms with Gasteiger partial charge in [0.15, 0.2) is 0 Å². The fraction of sp³-hybridized carbons (Fsp3) is 0.368. The van der Waals surface area contributed by atoms with E-state index in [0.717, 1.165) is 31.4 Å². The zero-order valence-corrected chi connectivity index (χ0v) is 13.3. The topological polar surface area (TPSA) is 42.4 Å². The number of piperidine rings is 1. The summed E-state index contributed by atoms with van der Waals surface area (Å²) < 4.78 is 19.5. The number of amides is 1. The zero-order valence-electron chi connectivity index (χ0n) is 13.3. The minimum absolute atomic E-state index is 0.0654. The lowest BCUT2D eigenvalue weighted by Crippen LogP contribution is -2.49. The van der Waals surface area contributed by atoms with Gasteiger partial charge in [-0.25, -0.2) is 4.39 Å². The van der Waals surface area contributed by atoms with Gasteiger partial charge < -0.3 is 9.64 Å². The third-order valence-electron chi connectivity index (χ3n) is 4.95. The number of hydrogen-bond donors (Lipinski definition) is 0. The minimum Gasteiger partial charge on any atom is -0.490 e. The van der Waals surface area contributed by atoms with Crippen molar-refractivity contribution in [1.29, 1.82) is 0 Å². The van der Waals surface area contributed by atoms with Crippen molar-refractivity contribution in [2.24, 2.45) is 0 Å². The maximum absolute atomic E-state index is 13.4. The Morgan fingerprint density at radius 3 is 2.50 bits per heavy atom. The molecular weight excluding hydrogens is 307 g/mol. The first-order valence-electron chi connectivity index (χ1n) is 8.35. The van der Waals surface area contributed by atoms with Crippen molar-refractivity contribution in [3.05, 3.63) is 60.2 Å². The van der Waals surface area contributed by atoms with Crippen LogP contribution in [-0.2, 0) is 0 Å². The van der Waals surface area contributed by atoms with Crippen LogP contribution in [0.5, 0.6) is 5.75 Å². The Bertz CT molecular complexity index is 723. The van der Waals surface area contributed by atoms with Gasteiger partial charge in [-0.1, -0.05) is 6.07 Å². The van der Waals surface area contributed by atoms with Crippen LogP contribution in [0.4, 0.5) is 4.39 Å². The van der Waals surface area contributed by atoms with E-state index in [1.165, 1.54) is 12.1 Å². The van der Waals surface area contributed by atoms with Crippen LogP contribution >= 0.6 is 0 Å². The van der Waals surface area contributed by atoms with Crippen LogP contribution in [0.3, 0.4) is 0 Å². The summed E-state index contributed by atoms with van der Waals surface area (Å²) in [7, 11) is 0. The molecule has 2 fully saturated rings. The van der Waals surface area contributed by atoms with Gasteiger partial charge in [-0.3, -0.25) is 9.78 Å². The molecule has 2 saturated heterocycles. The van der Waals surface area contributed by atoms with Gasteiger partial charge in [0.2, 0.25) is 0 Å². The molecule has 1 amide bonds. The summed E-state index contributed by atoms with van der Waals surface area (Å²) in [5, 5.41) is 0. The summed E-state index contributed by atoms with van der Waals surface area (Å²) in [6, 6.07) is 10.0. The van der Waals surface area contributed by atoms with Crippen molar-refractivity contribution < 1.29 is 13.9 Å². The predicted molar refractivity (Wildman–Crippen MR) is 87.3 cm³/mol. The largest absolute Gasteiger partial charge is 0.490 e. The highest BCUT2D eigenvalue weighted by Crippen LogP contribution is 2.38. The second-order valence-corrected chi connectivity index (χ2v) is 6.50. The number of carbonyl (C=O) groups is 1. The molecule has 1 aromatic carbocycles. The zero-order chi connectivity index (χ0) is 16.5. The van der Waals surface area contributed by atoms with Crippen LogP contribution in [-0.4, -0.2) is 34.0 Å². The second-order valence-electron chi connectivity index (χ2n) is 6.50. The monoisotopic (exact) mass is 326 g/mol. The van der Waals surface area contributed by atoms with Gasteiger partial charge in [0.05, 0.1) is 0 Å². The summed E-state index contributed by atoms with van der Waals surface area (Å²) in [6.07, 6.45) is 7.16. The number of hydrogen-bond acceptors (Lipinski definition) is 3. The molecule has 2 bridgehead atoms. The summed E-state index contributed by atoms with van der Waals surface area (Å²) in [5.41, 5.74) is 0.431. The first kappa shape index (κ1) is 15.1. The first-order chi connectivity index (χ1) is 11.7. The lowest BCUT2D eigenvalue weighted by Gasteiger charge is -2.39. The molecule has 2 aliphatic heterocycles. The van der Waals surface area contributed by atoms with Gasteiger partial charge in [-0.05, 0) is 43.2 Å². The lowest BCUT2D eigenvalue weighted by atomic mass is 9.98. The van der Waals surface area contributed by atoms with E-state index < -0.39 is 0 Å². The van der Waals surface area contributed by atoms with Crippen LogP contribution in [0.15, 0.2) is 48.8 Å². The Hall–Kier alpha value is -2.43. The van der Waals surface area contributed by atoms with Gasteiger partial charge in [-0.2, -0.15) is 0 Å². The molecule has 0 saturated carbocycles. The molecular formula is C19H19FN2O2. The molecule has 0 spiro atoms. The summed E-state index contributed by atoms with van der Waals surface area (Å²) in [6.45, 7) is 0. The van der Waals surface area contributed by atoms with E-state index in [9.17, 15) is 9.18 Å². The van der Waals surface area contributed by atoms with E-state index in [-0.39, 0.29) is 29.9 Å². The standard InChI is InChI=1S/C19H19FN2O2/c20-14-3-1-2-13(10-14)19(23)22-15-4-5-16(22)12-18(11-15)24-17-6-8-21-9-7-17/h1-3,6-10,15-16,18H,4-5,11-12H2. The number of nitrogens with zero attached hydrogens (tertiary/aromatic N) is 2. The SMILES string of the molecule is O=C(c1cccc(F)c1)N1C2CCC1CC(Oc1ccncc1)C2. The molecule has 5 heteroatoms. The number of pyridine rings is 1. The van der Waals surface area contributed by atoms with Gasteiger partial charge >= 0.3 is 0 Å². The second kappa shape index (κ2) is 6.23. The third-order valence-corrected chi connectivity index (χ3v) is 4.95. The van der Waals surface area contributed by atoms with Crippen LogP contribution < -0.4 is 4.74 Å². The molecule has 1 aromatic heterocycles. The molecule has 3 heterocycles. The first-order valence-corrected chi connectivity index (χ1v) is 8.35. The number of rotatable bonds is 3. The molecule has 24 heavy (non-hydrogen) atoms. The van der Waals surface area contributed by atoms with Crippen molar-refractivity contribution in [3.8, 4) is 5.75 Å².